The molecule has 0 spiro atoms. The van der Waals surface area contributed by atoms with Crippen molar-refractivity contribution in [3.63, 3.8) is 0 Å². The van der Waals surface area contributed by atoms with E-state index in [1.807, 2.05) is 63.0 Å². The zero-order valence-corrected chi connectivity index (χ0v) is 48.7. The summed E-state index contributed by atoms with van der Waals surface area (Å²) in [6.07, 6.45) is 18.2. The van der Waals surface area contributed by atoms with Gasteiger partial charge in [-0.1, -0.05) is 132 Å². The third-order valence-electron chi connectivity index (χ3n) is 9.82. The highest BCUT2D eigenvalue weighted by molar-refractivity contribution is 5.04. The summed E-state index contributed by atoms with van der Waals surface area (Å²) in [5.41, 5.74) is 5.40. The number of aromatic nitrogens is 15. The number of imidazole rings is 3. The molecule has 0 atom stereocenters. The van der Waals surface area contributed by atoms with Crippen molar-refractivity contribution < 1.29 is 0 Å². The van der Waals surface area contributed by atoms with Gasteiger partial charge in [0.1, 0.15) is 41.8 Å². The number of nitrogens with zero attached hydrogens (tertiary/aromatic N) is 14. The van der Waals surface area contributed by atoms with Crippen molar-refractivity contribution in [2.24, 2.45) is 67.7 Å². The smallest absolute Gasteiger partial charge is 0.151 e. The lowest BCUT2D eigenvalue weighted by atomic mass is 9.91. The summed E-state index contributed by atoms with van der Waals surface area (Å²) in [6.45, 7) is 46.0. The molecule has 0 radical (unpaired) electrons. The van der Waals surface area contributed by atoms with Crippen LogP contribution in [0.3, 0.4) is 0 Å². The molecular formula is C54H99N15. The number of H-pyrrole nitrogens is 1. The lowest BCUT2D eigenvalue weighted by molar-refractivity contribution is 0.394. The van der Waals surface area contributed by atoms with Crippen LogP contribution in [0.15, 0.2) is 37.6 Å². The van der Waals surface area contributed by atoms with E-state index in [1.165, 1.54) is 17.2 Å². The third kappa shape index (κ3) is 29.0. The Morgan fingerprint density at radius 3 is 1.35 bits per heavy atom. The lowest BCUT2D eigenvalue weighted by Crippen LogP contribution is -2.13. The van der Waals surface area contributed by atoms with Crippen LogP contribution in [0.4, 0.5) is 0 Å². The first kappa shape index (κ1) is 62.1. The average molecular weight is 958 g/mol. The molecule has 1 N–H and O–H groups in total. The van der Waals surface area contributed by atoms with Gasteiger partial charge in [-0.05, 0) is 52.8 Å². The number of nitrogens with one attached hydrogen (secondary N) is 1. The van der Waals surface area contributed by atoms with Gasteiger partial charge in [0, 0.05) is 104 Å². The van der Waals surface area contributed by atoms with Crippen LogP contribution in [0.25, 0.3) is 0 Å². The first-order valence-corrected chi connectivity index (χ1v) is 24.7. The minimum absolute atomic E-state index is 0.279. The van der Waals surface area contributed by atoms with E-state index in [2.05, 4.69) is 211 Å². The van der Waals surface area contributed by atoms with E-state index < -0.39 is 0 Å². The van der Waals surface area contributed by atoms with Crippen LogP contribution >= 0.6 is 0 Å². The van der Waals surface area contributed by atoms with Crippen LogP contribution in [-0.4, -0.2) is 73.4 Å². The maximum Gasteiger partial charge on any atom is 0.151 e. The van der Waals surface area contributed by atoms with Gasteiger partial charge in [-0.15, -0.1) is 20.4 Å². The molecule has 15 heteroatoms. The fourth-order valence-electron chi connectivity index (χ4n) is 6.56. The molecule has 0 aliphatic heterocycles. The van der Waals surface area contributed by atoms with Gasteiger partial charge in [0.05, 0.1) is 12.0 Å². The SMILES string of the molecule is CCc1nnc(CC(C)(C)C)n1C.Cc1cnc(CC(C)(C)C)[nH]1.Cc1cnc(CC(C)(C)C)n1C.Cn1cnc(CC(C)(C)C)c1.Cn1cnc(CC(C)(C)C)n1.Cn1cnnc1CC(C)(C)C. The van der Waals surface area contributed by atoms with Gasteiger partial charge in [-0.3, -0.25) is 4.68 Å². The summed E-state index contributed by atoms with van der Waals surface area (Å²) in [5.74, 6) is 6.41. The minimum atomic E-state index is 0.279. The summed E-state index contributed by atoms with van der Waals surface area (Å²) in [7, 11) is 9.97. The van der Waals surface area contributed by atoms with Gasteiger partial charge in [0.15, 0.2) is 5.82 Å². The Labute approximate surface area is 419 Å². The predicted molar refractivity (Wildman–Crippen MR) is 286 cm³/mol. The quantitative estimate of drug-likeness (QED) is 0.164. The van der Waals surface area contributed by atoms with Crippen molar-refractivity contribution in [3.8, 4) is 0 Å². The van der Waals surface area contributed by atoms with Crippen LogP contribution in [0, 0.1) is 46.3 Å². The summed E-state index contributed by atoms with van der Waals surface area (Å²) in [6, 6.07) is 0. The van der Waals surface area contributed by atoms with E-state index >= 15 is 0 Å². The zero-order chi connectivity index (χ0) is 53.3. The van der Waals surface area contributed by atoms with E-state index in [9.17, 15) is 0 Å². The van der Waals surface area contributed by atoms with Crippen molar-refractivity contribution in [2.45, 2.75) is 190 Å². The van der Waals surface area contributed by atoms with Crippen LogP contribution in [0.1, 0.15) is 184 Å². The Bertz CT molecular complexity index is 2190. The minimum Gasteiger partial charge on any atom is -0.346 e. The summed E-state index contributed by atoms with van der Waals surface area (Å²) < 4.78 is 9.95. The second-order valence-electron chi connectivity index (χ2n) is 26.0. The fourth-order valence-corrected chi connectivity index (χ4v) is 6.56. The average Bonchev–Trinajstić information content (AvgIpc) is 4.03. The molecule has 0 saturated carbocycles. The van der Waals surface area contributed by atoms with Gasteiger partial charge >= 0.3 is 0 Å². The maximum absolute atomic E-state index is 4.36. The number of aromatic amines is 1. The van der Waals surface area contributed by atoms with E-state index in [1.54, 1.807) is 17.3 Å². The third-order valence-corrected chi connectivity index (χ3v) is 9.82. The molecule has 6 heterocycles. The Kier molecular flexibility index (Phi) is 23.7. The molecule has 0 aromatic carbocycles. The molecule has 0 unspecified atom stereocenters. The molecule has 0 amide bonds. The van der Waals surface area contributed by atoms with Crippen LogP contribution < -0.4 is 0 Å². The topological polar surface area (TPSA) is 156 Å². The van der Waals surface area contributed by atoms with Gasteiger partial charge in [0.25, 0.3) is 0 Å². The van der Waals surface area contributed by atoms with Crippen LogP contribution in [-0.2, 0) is 80.2 Å². The van der Waals surface area contributed by atoms with Crippen LogP contribution in [0.5, 0.6) is 0 Å². The molecule has 0 bridgehead atoms. The number of hydrogen-bond acceptors (Lipinski definition) is 9. The second kappa shape index (κ2) is 26.3. The van der Waals surface area contributed by atoms with Crippen molar-refractivity contribution in [1.29, 1.82) is 0 Å². The molecule has 0 aliphatic rings. The molecular weight excluding hydrogens is 859 g/mol. The monoisotopic (exact) mass is 958 g/mol. The van der Waals surface area contributed by atoms with E-state index in [-0.39, 0.29) is 10.8 Å². The highest BCUT2D eigenvalue weighted by Crippen LogP contribution is 2.22. The molecule has 0 saturated heterocycles. The standard InChI is InChI=1S/C10H19N3.C10H18N2.2C9H16N2.2C8H15N3/c1-6-8-11-12-9(13(8)5)7-10(2,3)4;1-8-7-11-9(12(8)5)6-10(2,3)4;1-9(2,3)5-8-6-11(4)7-10-8;1-7-6-10-8(11-7)5-9(2,3)4;1-8(2,3)5-7-10-9-6-11(7)4;1-8(2,3)5-7-9-6-11(4)10-7/h6-7H2,1-5H3;7H,6H2,1-5H3;6-7H,5H2,1-4H3;6H,5H2,1-4H3,(H,10,11);2*6H,5H2,1-4H3. The molecule has 15 nitrogen and oxygen atoms in total. The fraction of sp³-hybridized carbons (Fsp3) is 0.722. The molecule has 390 valence electrons. The van der Waals surface area contributed by atoms with E-state index in [4.69, 9.17) is 0 Å². The van der Waals surface area contributed by atoms with Crippen molar-refractivity contribution in [2.75, 3.05) is 0 Å². The summed E-state index contributed by atoms with van der Waals surface area (Å²) >= 11 is 0. The predicted octanol–water partition coefficient (Wildman–Crippen LogP) is 11.4. The first-order valence-electron chi connectivity index (χ1n) is 24.7. The van der Waals surface area contributed by atoms with Crippen LogP contribution in [0.2, 0.25) is 0 Å². The Hall–Kier alpha value is -4.95. The number of rotatable bonds is 7. The number of hydrogen-bond donors (Lipinski definition) is 1. The lowest BCUT2D eigenvalue weighted by Gasteiger charge is -2.17. The summed E-state index contributed by atoms with van der Waals surface area (Å²) in [4.78, 5) is 20.2. The molecule has 6 aromatic rings. The highest BCUT2D eigenvalue weighted by Gasteiger charge is 2.18. The number of aryl methyl sites for hydroxylation is 6. The maximum atomic E-state index is 4.36. The first-order chi connectivity index (χ1) is 31.2. The molecule has 69 heavy (non-hydrogen) atoms. The molecule has 6 rings (SSSR count). The van der Waals surface area contributed by atoms with Crippen molar-refractivity contribution in [3.05, 3.63) is 89.6 Å². The normalized spacial score (nSPS) is 12.0. The highest BCUT2D eigenvalue weighted by atomic mass is 15.3. The Balaban J connectivity index is 0.000000414. The van der Waals surface area contributed by atoms with Gasteiger partial charge in [0.2, 0.25) is 0 Å². The largest absolute Gasteiger partial charge is 0.346 e. The molecule has 6 aromatic heterocycles. The van der Waals surface area contributed by atoms with Gasteiger partial charge in [-0.25, -0.2) is 19.9 Å². The van der Waals surface area contributed by atoms with E-state index in [0.717, 1.165) is 79.8 Å². The van der Waals surface area contributed by atoms with Crippen molar-refractivity contribution >= 4 is 0 Å². The Morgan fingerprint density at radius 1 is 0.478 bits per heavy atom. The zero-order valence-electron chi connectivity index (χ0n) is 48.7. The molecule has 0 aliphatic carbocycles. The second-order valence-corrected chi connectivity index (χ2v) is 26.0. The Morgan fingerprint density at radius 2 is 0.986 bits per heavy atom. The van der Waals surface area contributed by atoms with E-state index in [0.29, 0.717) is 21.7 Å². The van der Waals surface area contributed by atoms with Gasteiger partial charge in [-0.2, -0.15) is 5.10 Å². The van der Waals surface area contributed by atoms with Crippen molar-refractivity contribution in [1.82, 2.24) is 73.4 Å². The summed E-state index contributed by atoms with van der Waals surface area (Å²) in [5, 5.41) is 20.4. The van der Waals surface area contributed by atoms with Gasteiger partial charge < -0.3 is 23.3 Å². The molecule has 0 fully saturated rings.